The SMILES string of the molecule is COc1ccc(COC(=O)Cn2cnc3c2c(=O)n(C)c(=O)n3C)cc1. The molecule has 0 amide bonds. The van der Waals surface area contributed by atoms with Gasteiger partial charge in [0.2, 0.25) is 0 Å². The molecule has 0 bridgehead atoms. The Bertz CT molecular complexity index is 1080. The largest absolute Gasteiger partial charge is 0.497 e. The van der Waals surface area contributed by atoms with Crippen LogP contribution >= 0.6 is 0 Å². The zero-order chi connectivity index (χ0) is 18.8. The lowest BCUT2D eigenvalue weighted by Gasteiger charge is -2.08. The van der Waals surface area contributed by atoms with Crippen molar-refractivity contribution in [3.8, 4) is 5.75 Å². The van der Waals surface area contributed by atoms with Crippen molar-refractivity contribution < 1.29 is 14.3 Å². The molecule has 3 aromatic rings. The quantitative estimate of drug-likeness (QED) is 0.604. The number of carbonyl (C=O) groups is 1. The van der Waals surface area contributed by atoms with Crippen molar-refractivity contribution >= 4 is 17.1 Å². The van der Waals surface area contributed by atoms with E-state index in [0.717, 1.165) is 10.1 Å². The van der Waals surface area contributed by atoms with E-state index in [-0.39, 0.29) is 24.3 Å². The molecule has 0 fully saturated rings. The van der Waals surface area contributed by atoms with Crippen LogP contribution < -0.4 is 16.0 Å². The maximum atomic E-state index is 12.3. The van der Waals surface area contributed by atoms with Gasteiger partial charge in [-0.25, -0.2) is 9.78 Å². The Kier molecular flexibility index (Phi) is 4.61. The Morgan fingerprint density at radius 2 is 1.81 bits per heavy atom. The molecular weight excluding hydrogens is 340 g/mol. The Labute approximate surface area is 148 Å². The minimum Gasteiger partial charge on any atom is -0.497 e. The van der Waals surface area contributed by atoms with Crippen LogP contribution in [0.5, 0.6) is 5.75 Å². The van der Waals surface area contributed by atoms with Gasteiger partial charge in [-0.15, -0.1) is 0 Å². The fourth-order valence-electron chi connectivity index (χ4n) is 2.59. The van der Waals surface area contributed by atoms with Gasteiger partial charge in [-0.2, -0.15) is 0 Å². The standard InChI is InChI=1S/C17H18N4O5/c1-19-15-14(16(23)20(2)17(19)24)21(10-18-15)8-13(22)26-9-11-4-6-12(25-3)7-5-11/h4-7,10H,8-9H2,1-3H3. The molecule has 0 aliphatic carbocycles. The van der Waals surface area contributed by atoms with E-state index >= 15 is 0 Å². The number of aromatic nitrogens is 4. The lowest BCUT2D eigenvalue weighted by Crippen LogP contribution is -2.37. The molecule has 3 rings (SSSR count). The van der Waals surface area contributed by atoms with Crippen LogP contribution in [0.15, 0.2) is 40.2 Å². The molecule has 0 aliphatic heterocycles. The summed E-state index contributed by atoms with van der Waals surface area (Å²) in [5, 5.41) is 0. The highest BCUT2D eigenvalue weighted by molar-refractivity contribution is 5.75. The van der Waals surface area contributed by atoms with Crippen LogP contribution in [-0.4, -0.2) is 31.8 Å². The summed E-state index contributed by atoms with van der Waals surface area (Å²) in [4.78, 5) is 40.4. The average Bonchev–Trinajstić information content (AvgIpc) is 3.07. The Hall–Kier alpha value is -3.36. The van der Waals surface area contributed by atoms with Gasteiger partial charge in [0.15, 0.2) is 11.2 Å². The van der Waals surface area contributed by atoms with Gasteiger partial charge < -0.3 is 14.0 Å². The molecule has 0 spiro atoms. The number of nitrogens with zero attached hydrogens (tertiary/aromatic N) is 4. The first-order valence-corrected chi connectivity index (χ1v) is 7.81. The maximum Gasteiger partial charge on any atom is 0.332 e. The Balaban J connectivity index is 1.77. The normalized spacial score (nSPS) is 10.9. The second-order valence-electron chi connectivity index (χ2n) is 5.76. The smallest absolute Gasteiger partial charge is 0.332 e. The first kappa shape index (κ1) is 17.5. The summed E-state index contributed by atoms with van der Waals surface area (Å²) in [6, 6.07) is 7.14. The van der Waals surface area contributed by atoms with Gasteiger partial charge in [0.1, 0.15) is 18.9 Å². The minimum absolute atomic E-state index is 0.103. The molecule has 0 aliphatic rings. The monoisotopic (exact) mass is 358 g/mol. The van der Waals surface area contributed by atoms with E-state index < -0.39 is 17.2 Å². The molecule has 0 radical (unpaired) electrons. The highest BCUT2D eigenvalue weighted by Crippen LogP contribution is 2.12. The number of esters is 1. The number of aryl methyl sites for hydroxylation is 1. The number of methoxy groups -OCH3 is 1. The summed E-state index contributed by atoms with van der Waals surface area (Å²) in [6.45, 7) is -0.0773. The molecule has 0 saturated heterocycles. The Morgan fingerprint density at radius 3 is 2.46 bits per heavy atom. The number of hydrogen-bond acceptors (Lipinski definition) is 6. The van der Waals surface area contributed by atoms with E-state index in [0.29, 0.717) is 5.75 Å². The highest BCUT2D eigenvalue weighted by Gasteiger charge is 2.16. The van der Waals surface area contributed by atoms with Gasteiger partial charge in [-0.05, 0) is 17.7 Å². The predicted octanol–water partition coefficient (Wildman–Crippen LogP) is 0.186. The lowest BCUT2D eigenvalue weighted by atomic mass is 10.2. The van der Waals surface area contributed by atoms with Crippen molar-refractivity contribution in [3.63, 3.8) is 0 Å². The van der Waals surface area contributed by atoms with Crippen molar-refractivity contribution in [2.24, 2.45) is 14.1 Å². The van der Waals surface area contributed by atoms with Gasteiger partial charge in [0, 0.05) is 14.1 Å². The average molecular weight is 358 g/mol. The highest BCUT2D eigenvalue weighted by atomic mass is 16.5. The molecule has 26 heavy (non-hydrogen) atoms. The molecule has 0 saturated carbocycles. The number of imidazole rings is 1. The molecule has 0 atom stereocenters. The minimum atomic E-state index is -0.518. The van der Waals surface area contributed by atoms with Crippen molar-refractivity contribution in [1.82, 2.24) is 18.7 Å². The van der Waals surface area contributed by atoms with E-state index in [9.17, 15) is 14.4 Å². The van der Waals surface area contributed by atoms with Crippen molar-refractivity contribution in [1.29, 1.82) is 0 Å². The van der Waals surface area contributed by atoms with Crippen LogP contribution in [0.4, 0.5) is 0 Å². The maximum absolute atomic E-state index is 12.3. The van der Waals surface area contributed by atoms with Crippen LogP contribution in [0.2, 0.25) is 0 Å². The fraction of sp³-hybridized carbons (Fsp3) is 0.294. The van der Waals surface area contributed by atoms with Crippen molar-refractivity contribution in [3.05, 3.63) is 57.0 Å². The van der Waals surface area contributed by atoms with E-state index in [2.05, 4.69) is 4.98 Å². The van der Waals surface area contributed by atoms with E-state index in [4.69, 9.17) is 9.47 Å². The van der Waals surface area contributed by atoms with Crippen molar-refractivity contribution in [2.75, 3.05) is 7.11 Å². The van der Waals surface area contributed by atoms with Crippen molar-refractivity contribution in [2.45, 2.75) is 13.2 Å². The number of rotatable bonds is 5. The second-order valence-corrected chi connectivity index (χ2v) is 5.76. The second kappa shape index (κ2) is 6.87. The van der Waals surface area contributed by atoms with Gasteiger partial charge in [-0.3, -0.25) is 18.7 Å². The molecule has 136 valence electrons. The van der Waals surface area contributed by atoms with E-state index in [1.165, 1.54) is 29.6 Å². The number of fused-ring (bicyclic) bond motifs is 1. The number of ether oxygens (including phenoxy) is 2. The summed E-state index contributed by atoms with van der Waals surface area (Å²) < 4.78 is 13.9. The third-order valence-corrected chi connectivity index (χ3v) is 4.08. The van der Waals surface area contributed by atoms with Crippen LogP contribution in [-0.2, 0) is 36.8 Å². The fourth-order valence-corrected chi connectivity index (χ4v) is 2.59. The number of carbonyl (C=O) groups excluding carboxylic acids is 1. The van der Waals surface area contributed by atoms with Gasteiger partial charge in [0.25, 0.3) is 5.56 Å². The summed E-state index contributed by atoms with van der Waals surface area (Å²) in [7, 11) is 4.47. The molecule has 9 heteroatoms. The zero-order valence-electron chi connectivity index (χ0n) is 14.6. The van der Waals surface area contributed by atoms with E-state index in [1.54, 1.807) is 31.4 Å². The predicted molar refractivity (Wildman–Crippen MR) is 93.0 cm³/mol. The van der Waals surface area contributed by atoms with Gasteiger partial charge in [0.05, 0.1) is 13.4 Å². The summed E-state index contributed by atoms with van der Waals surface area (Å²) in [6.07, 6.45) is 1.35. The zero-order valence-corrected chi connectivity index (χ0v) is 14.6. The van der Waals surface area contributed by atoms with Gasteiger partial charge >= 0.3 is 11.7 Å². The van der Waals surface area contributed by atoms with Crippen LogP contribution in [0, 0.1) is 0 Å². The molecule has 2 heterocycles. The first-order valence-electron chi connectivity index (χ1n) is 7.81. The topological polar surface area (TPSA) is 97.3 Å². The molecule has 1 aromatic carbocycles. The first-order chi connectivity index (χ1) is 12.4. The lowest BCUT2D eigenvalue weighted by molar-refractivity contribution is -0.145. The van der Waals surface area contributed by atoms with Crippen LogP contribution in [0.1, 0.15) is 5.56 Å². The van der Waals surface area contributed by atoms with Crippen LogP contribution in [0.3, 0.4) is 0 Å². The summed E-state index contributed by atoms with van der Waals surface area (Å²) in [5.74, 6) is 0.197. The molecular formula is C17H18N4O5. The summed E-state index contributed by atoms with van der Waals surface area (Å²) >= 11 is 0. The third kappa shape index (κ3) is 3.10. The molecule has 0 N–H and O–H groups in total. The van der Waals surface area contributed by atoms with Gasteiger partial charge in [-0.1, -0.05) is 12.1 Å². The Morgan fingerprint density at radius 1 is 1.12 bits per heavy atom. The van der Waals surface area contributed by atoms with Crippen LogP contribution in [0.25, 0.3) is 11.2 Å². The number of hydrogen-bond donors (Lipinski definition) is 0. The van der Waals surface area contributed by atoms with E-state index in [1.807, 2.05) is 0 Å². The molecule has 2 aromatic heterocycles. The number of benzene rings is 1. The molecule has 0 unspecified atom stereocenters. The third-order valence-electron chi connectivity index (χ3n) is 4.08. The molecule has 9 nitrogen and oxygen atoms in total. The summed E-state index contributed by atoms with van der Waals surface area (Å²) in [5.41, 5.74) is 0.225.